The first-order valence-electron chi connectivity index (χ1n) is 7.51. The van der Waals surface area contributed by atoms with Gasteiger partial charge in [-0.15, -0.1) is 0 Å². The zero-order valence-electron chi connectivity index (χ0n) is 13.6. The summed E-state index contributed by atoms with van der Waals surface area (Å²) in [5, 5.41) is 18.9. The Morgan fingerprint density at radius 2 is 2.19 bits per heavy atom. The third-order valence-electron chi connectivity index (χ3n) is 3.82. The number of amides is 1. The number of benzene rings is 1. The van der Waals surface area contributed by atoms with E-state index in [4.69, 9.17) is 15.6 Å². The standard InChI is InChI=1S/C17H14FN3O5/c1-17(25,16(19)24)3-2-9-6-10-13(7-11(9)18)26-5-4-21-8-12(15(22)23)20-14(10)21/h6-8,25H,4-5H2,1H3,(H2,19,24)(H,22,23). The minimum Gasteiger partial charge on any atom is -0.491 e. The lowest BCUT2D eigenvalue weighted by Crippen LogP contribution is -2.39. The lowest BCUT2D eigenvalue weighted by Gasteiger charge is -2.10. The van der Waals surface area contributed by atoms with Crippen LogP contribution in [0.2, 0.25) is 0 Å². The second-order valence-corrected chi connectivity index (χ2v) is 5.81. The van der Waals surface area contributed by atoms with Crippen molar-refractivity contribution in [1.82, 2.24) is 9.55 Å². The minimum atomic E-state index is -2.12. The molecule has 0 fully saturated rings. The van der Waals surface area contributed by atoms with Crippen LogP contribution in [0.5, 0.6) is 5.75 Å². The van der Waals surface area contributed by atoms with Gasteiger partial charge in [0, 0.05) is 12.3 Å². The topological polar surface area (TPSA) is 128 Å². The molecule has 8 nitrogen and oxygen atoms in total. The molecule has 1 aliphatic heterocycles. The number of fused-ring (bicyclic) bond motifs is 3. The number of aromatic nitrogens is 2. The number of hydrogen-bond acceptors (Lipinski definition) is 5. The summed E-state index contributed by atoms with van der Waals surface area (Å²) in [7, 11) is 0. The Morgan fingerprint density at radius 3 is 2.85 bits per heavy atom. The fourth-order valence-electron chi connectivity index (χ4n) is 2.35. The number of hydrogen-bond donors (Lipinski definition) is 3. The number of ether oxygens (including phenoxy) is 1. The SMILES string of the molecule is CC(O)(C#Cc1cc2c(cc1F)OCCn1cc(C(=O)O)nc1-2)C(N)=O. The number of carboxylic acid groups (broad SMARTS) is 1. The van der Waals surface area contributed by atoms with Gasteiger partial charge in [0.15, 0.2) is 5.69 Å². The molecule has 9 heteroatoms. The molecule has 1 amide bonds. The van der Waals surface area contributed by atoms with Gasteiger partial charge in [-0.05, 0) is 13.0 Å². The molecule has 0 saturated heterocycles. The maximum atomic E-state index is 14.3. The summed E-state index contributed by atoms with van der Waals surface area (Å²) in [6, 6.07) is 2.42. The fourth-order valence-corrected chi connectivity index (χ4v) is 2.35. The summed E-state index contributed by atoms with van der Waals surface area (Å²) in [6.07, 6.45) is 1.36. The first kappa shape index (κ1) is 17.4. The Kier molecular flexibility index (Phi) is 4.13. The highest BCUT2D eigenvalue weighted by atomic mass is 19.1. The molecule has 1 atom stereocenters. The first-order chi connectivity index (χ1) is 12.2. The molecule has 2 aromatic rings. The highest BCUT2D eigenvalue weighted by Gasteiger charge is 2.25. The van der Waals surface area contributed by atoms with E-state index >= 15 is 0 Å². The summed E-state index contributed by atoms with van der Waals surface area (Å²) < 4.78 is 21.4. The van der Waals surface area contributed by atoms with Crippen LogP contribution in [-0.4, -0.2) is 43.8 Å². The van der Waals surface area contributed by atoms with Crippen LogP contribution in [0.1, 0.15) is 23.0 Å². The monoisotopic (exact) mass is 359 g/mol. The van der Waals surface area contributed by atoms with Crippen molar-refractivity contribution in [3.8, 4) is 29.0 Å². The van der Waals surface area contributed by atoms with E-state index < -0.39 is 23.3 Å². The van der Waals surface area contributed by atoms with E-state index in [0.717, 1.165) is 13.0 Å². The van der Waals surface area contributed by atoms with Gasteiger partial charge in [-0.3, -0.25) is 4.79 Å². The van der Waals surface area contributed by atoms with E-state index in [2.05, 4.69) is 16.8 Å². The molecule has 0 saturated carbocycles. The number of aliphatic hydroxyl groups is 1. The third-order valence-corrected chi connectivity index (χ3v) is 3.82. The van der Waals surface area contributed by atoms with Crippen LogP contribution < -0.4 is 10.5 Å². The minimum absolute atomic E-state index is 0.123. The zero-order chi connectivity index (χ0) is 19.1. The number of rotatable bonds is 2. The van der Waals surface area contributed by atoms with Crippen LogP contribution in [0, 0.1) is 17.7 Å². The Balaban J connectivity index is 2.14. The zero-order valence-corrected chi connectivity index (χ0v) is 13.6. The number of carboxylic acids is 1. The molecular weight excluding hydrogens is 345 g/mol. The Labute approximate surface area is 147 Å². The molecule has 26 heavy (non-hydrogen) atoms. The molecule has 2 heterocycles. The van der Waals surface area contributed by atoms with E-state index in [1.807, 2.05) is 0 Å². The van der Waals surface area contributed by atoms with E-state index in [1.54, 1.807) is 4.57 Å². The van der Waals surface area contributed by atoms with E-state index in [9.17, 15) is 19.1 Å². The number of nitrogens with zero attached hydrogens (tertiary/aromatic N) is 2. The molecule has 3 rings (SSSR count). The van der Waals surface area contributed by atoms with Crippen molar-refractivity contribution < 1.29 is 28.9 Å². The summed E-state index contributed by atoms with van der Waals surface area (Å²) in [4.78, 5) is 26.3. The Hall–Kier alpha value is -3.38. The van der Waals surface area contributed by atoms with Gasteiger partial charge in [0.25, 0.3) is 5.91 Å². The predicted octanol–water partition coefficient (Wildman–Crippen LogP) is 0.368. The number of primary amides is 1. The molecule has 0 radical (unpaired) electrons. The van der Waals surface area contributed by atoms with Crippen molar-refractivity contribution in [2.45, 2.75) is 19.1 Å². The van der Waals surface area contributed by atoms with E-state index in [0.29, 0.717) is 17.9 Å². The quantitative estimate of drug-likeness (QED) is 0.665. The third kappa shape index (κ3) is 3.10. The smallest absolute Gasteiger partial charge is 0.356 e. The van der Waals surface area contributed by atoms with Gasteiger partial charge in [-0.1, -0.05) is 11.8 Å². The van der Waals surface area contributed by atoms with Crippen molar-refractivity contribution in [2.75, 3.05) is 6.61 Å². The van der Waals surface area contributed by atoms with Crippen molar-refractivity contribution in [2.24, 2.45) is 5.73 Å². The second kappa shape index (κ2) is 6.16. The number of nitrogens with two attached hydrogens (primary N) is 1. The maximum Gasteiger partial charge on any atom is 0.356 e. The molecule has 0 bridgehead atoms. The summed E-state index contributed by atoms with van der Waals surface area (Å²) in [6.45, 7) is 1.64. The molecule has 134 valence electrons. The van der Waals surface area contributed by atoms with Gasteiger partial charge in [0.1, 0.15) is 24.0 Å². The van der Waals surface area contributed by atoms with Crippen LogP contribution >= 0.6 is 0 Å². The molecule has 1 aromatic carbocycles. The van der Waals surface area contributed by atoms with E-state index in [-0.39, 0.29) is 23.6 Å². The van der Waals surface area contributed by atoms with Gasteiger partial charge in [-0.2, -0.15) is 0 Å². The van der Waals surface area contributed by atoms with E-state index in [1.165, 1.54) is 12.3 Å². The largest absolute Gasteiger partial charge is 0.491 e. The van der Waals surface area contributed by atoms with Crippen molar-refractivity contribution in [3.05, 3.63) is 35.4 Å². The molecule has 1 aromatic heterocycles. The summed E-state index contributed by atoms with van der Waals surface area (Å²) >= 11 is 0. The van der Waals surface area contributed by atoms with Gasteiger partial charge >= 0.3 is 5.97 Å². The van der Waals surface area contributed by atoms with Gasteiger partial charge < -0.3 is 25.3 Å². The van der Waals surface area contributed by atoms with Crippen LogP contribution in [0.3, 0.4) is 0 Å². The highest BCUT2D eigenvalue weighted by molar-refractivity contribution is 5.87. The Morgan fingerprint density at radius 1 is 1.46 bits per heavy atom. The van der Waals surface area contributed by atoms with Crippen molar-refractivity contribution >= 4 is 11.9 Å². The van der Waals surface area contributed by atoms with Crippen LogP contribution in [-0.2, 0) is 11.3 Å². The first-order valence-corrected chi connectivity index (χ1v) is 7.51. The van der Waals surface area contributed by atoms with Gasteiger partial charge in [-0.25, -0.2) is 14.2 Å². The summed E-state index contributed by atoms with van der Waals surface area (Å²) in [5.74, 6) is 2.10. The molecule has 1 aliphatic rings. The lowest BCUT2D eigenvalue weighted by molar-refractivity contribution is -0.129. The average Bonchev–Trinajstić information content (AvgIpc) is 2.91. The van der Waals surface area contributed by atoms with Crippen LogP contribution in [0.15, 0.2) is 18.3 Å². The van der Waals surface area contributed by atoms with Crippen LogP contribution in [0.25, 0.3) is 11.4 Å². The normalized spacial score (nSPS) is 14.6. The van der Waals surface area contributed by atoms with Crippen LogP contribution in [0.4, 0.5) is 4.39 Å². The number of carbonyl (C=O) groups excluding carboxylic acids is 1. The van der Waals surface area contributed by atoms with Gasteiger partial charge in [0.05, 0.1) is 17.7 Å². The lowest BCUT2D eigenvalue weighted by atomic mass is 10.0. The summed E-state index contributed by atoms with van der Waals surface area (Å²) in [5.41, 5.74) is 2.98. The number of aromatic carboxylic acids is 1. The molecular formula is C17H14FN3O5. The Bertz CT molecular complexity index is 984. The number of imidazole rings is 1. The highest BCUT2D eigenvalue weighted by Crippen LogP contribution is 2.34. The second-order valence-electron chi connectivity index (χ2n) is 5.81. The molecule has 0 spiro atoms. The van der Waals surface area contributed by atoms with Crippen molar-refractivity contribution in [1.29, 1.82) is 0 Å². The molecule has 1 unspecified atom stereocenters. The average molecular weight is 359 g/mol. The number of halogens is 1. The van der Waals surface area contributed by atoms with Gasteiger partial charge in [0.2, 0.25) is 5.60 Å². The maximum absolute atomic E-state index is 14.3. The molecule has 0 aliphatic carbocycles. The number of carbonyl (C=O) groups is 2. The predicted molar refractivity (Wildman–Crippen MR) is 86.8 cm³/mol. The molecule has 4 N–H and O–H groups in total. The fraction of sp³-hybridized carbons (Fsp3) is 0.235. The van der Waals surface area contributed by atoms with Crippen molar-refractivity contribution in [3.63, 3.8) is 0 Å².